The molecule has 5 rings (SSSR count). The second kappa shape index (κ2) is 12.4. The van der Waals surface area contributed by atoms with Gasteiger partial charge < -0.3 is 10.5 Å². The lowest BCUT2D eigenvalue weighted by Crippen LogP contribution is -2.41. The highest BCUT2D eigenvalue weighted by molar-refractivity contribution is 8.00. The van der Waals surface area contributed by atoms with Crippen LogP contribution < -0.4 is 20.5 Å². The molecule has 0 aliphatic carbocycles. The molecule has 9 heteroatoms. The minimum Gasteiger partial charge on any atom is -0.463 e. The van der Waals surface area contributed by atoms with E-state index in [9.17, 15) is 18.0 Å². The predicted octanol–water partition coefficient (Wildman–Crippen LogP) is 5.06. The fraction of sp³-hybridized carbons (Fsp3) is 0.257. The van der Waals surface area contributed by atoms with Gasteiger partial charge in [-0.15, -0.1) is 11.3 Å². The van der Waals surface area contributed by atoms with E-state index >= 15 is 0 Å². The van der Waals surface area contributed by atoms with Gasteiger partial charge >= 0.3 is 5.97 Å². The van der Waals surface area contributed by atoms with Crippen molar-refractivity contribution < 1.29 is 17.9 Å². The van der Waals surface area contributed by atoms with Gasteiger partial charge in [0.25, 0.3) is 5.56 Å². The van der Waals surface area contributed by atoms with E-state index in [0.29, 0.717) is 16.0 Å². The van der Waals surface area contributed by atoms with Gasteiger partial charge in [0, 0.05) is 0 Å². The summed E-state index contributed by atoms with van der Waals surface area (Å²) in [6.07, 6.45) is 1.72. The molecule has 0 radical (unpaired) electrons. The highest BCUT2D eigenvalue weighted by atomic mass is 32.2. The first kappa shape index (κ1) is 31.2. The van der Waals surface area contributed by atoms with Crippen molar-refractivity contribution in [2.24, 2.45) is 5.73 Å². The van der Waals surface area contributed by atoms with E-state index in [1.165, 1.54) is 12.1 Å². The average molecular weight is 629 g/mol. The van der Waals surface area contributed by atoms with Crippen molar-refractivity contribution in [2.75, 3.05) is 6.61 Å². The summed E-state index contributed by atoms with van der Waals surface area (Å²) in [5.74, 6) is -1.42. The molecule has 1 unspecified atom stereocenters. The minimum atomic E-state index is -4.24. The lowest BCUT2D eigenvalue weighted by molar-refractivity contribution is -0.138. The zero-order valence-electron chi connectivity index (χ0n) is 25.4. The minimum absolute atomic E-state index is 0.0460. The van der Waals surface area contributed by atoms with E-state index in [1.807, 2.05) is 48.5 Å². The molecule has 7 nitrogen and oxygen atoms in total. The zero-order valence-corrected chi connectivity index (χ0v) is 27.0. The van der Waals surface area contributed by atoms with Crippen LogP contribution in [0.5, 0.6) is 0 Å². The largest absolute Gasteiger partial charge is 0.463 e. The molecule has 44 heavy (non-hydrogen) atoms. The van der Waals surface area contributed by atoms with E-state index in [2.05, 4.69) is 27.7 Å². The molecule has 1 aromatic heterocycles. The number of hydrogen-bond acceptors (Lipinski definition) is 7. The number of carbonyl (C=O) groups is 1. The lowest BCUT2D eigenvalue weighted by Gasteiger charge is -2.28. The van der Waals surface area contributed by atoms with E-state index < -0.39 is 27.3 Å². The van der Waals surface area contributed by atoms with Gasteiger partial charge in [0.15, 0.2) is 0 Å². The number of benzene rings is 3. The van der Waals surface area contributed by atoms with E-state index in [4.69, 9.17) is 10.5 Å². The smallest absolute Gasteiger partial charge is 0.338 e. The maximum absolute atomic E-state index is 14.6. The number of aromatic nitrogens is 1. The Morgan fingerprint density at radius 1 is 0.932 bits per heavy atom. The first-order valence-corrected chi connectivity index (χ1v) is 16.9. The van der Waals surface area contributed by atoms with Crippen LogP contribution in [0.4, 0.5) is 0 Å². The molecule has 3 aromatic carbocycles. The Morgan fingerprint density at radius 2 is 1.50 bits per heavy atom. The molecular weight excluding hydrogens is 593 g/mol. The molecule has 1 aliphatic rings. The summed E-state index contributed by atoms with van der Waals surface area (Å²) in [4.78, 5) is 27.5. The van der Waals surface area contributed by atoms with Gasteiger partial charge in [0.2, 0.25) is 9.84 Å². The van der Waals surface area contributed by atoms with Gasteiger partial charge in [0.05, 0.1) is 32.4 Å². The second-order valence-corrected chi connectivity index (χ2v) is 14.3. The molecule has 2 heterocycles. The van der Waals surface area contributed by atoms with Crippen LogP contribution in [0.15, 0.2) is 94.1 Å². The van der Waals surface area contributed by atoms with Crippen LogP contribution >= 0.6 is 11.3 Å². The Hall–Kier alpha value is -4.21. The summed E-state index contributed by atoms with van der Waals surface area (Å²) < 4.78 is 36.1. The molecule has 0 saturated heterocycles. The number of thiazole rings is 1. The van der Waals surface area contributed by atoms with Crippen molar-refractivity contribution in [1.82, 2.24) is 4.57 Å². The number of nitrogens with zero attached hydrogens (tertiary/aromatic N) is 1. The molecule has 1 aliphatic heterocycles. The highest BCUT2D eigenvalue weighted by Gasteiger charge is 2.42. The van der Waals surface area contributed by atoms with Crippen molar-refractivity contribution >= 4 is 43.9 Å². The molecule has 0 amide bonds. The Bertz CT molecular complexity index is 2020. The maximum atomic E-state index is 14.6. The molecule has 0 bridgehead atoms. The number of ether oxygens (including phenoxy) is 1. The van der Waals surface area contributed by atoms with E-state index in [-0.39, 0.29) is 38.4 Å². The lowest BCUT2D eigenvalue weighted by atomic mass is 9.87. The van der Waals surface area contributed by atoms with Gasteiger partial charge in [-0.05, 0) is 59.2 Å². The van der Waals surface area contributed by atoms with Crippen molar-refractivity contribution in [3.05, 3.63) is 126 Å². The van der Waals surface area contributed by atoms with Gasteiger partial charge in [-0.1, -0.05) is 94.4 Å². The van der Waals surface area contributed by atoms with Crippen LogP contribution in [0, 0.1) is 0 Å². The third kappa shape index (κ3) is 5.69. The summed E-state index contributed by atoms with van der Waals surface area (Å²) in [6, 6.07) is 23.3. The van der Waals surface area contributed by atoms with Crippen LogP contribution in [0.25, 0.3) is 16.8 Å². The number of nitrogens with two attached hydrogens (primary N) is 1. The summed E-state index contributed by atoms with van der Waals surface area (Å²) in [7, 11) is -4.24. The monoisotopic (exact) mass is 628 g/mol. The normalized spacial score (nSPS) is 15.7. The van der Waals surface area contributed by atoms with Crippen LogP contribution in [0.1, 0.15) is 74.6 Å². The Morgan fingerprint density at radius 3 is 2.05 bits per heavy atom. The highest BCUT2D eigenvalue weighted by Crippen LogP contribution is 2.42. The summed E-state index contributed by atoms with van der Waals surface area (Å²) >= 11 is 1.05. The molecule has 2 N–H and O–H groups in total. The summed E-state index contributed by atoms with van der Waals surface area (Å²) in [6.45, 7) is 10.0. The van der Waals surface area contributed by atoms with Gasteiger partial charge in [-0.2, -0.15) is 0 Å². The number of rotatable bonds is 8. The standard InChI is InChI=1S/C35H36N2O5S2/c1-6-42-35(39)30-29(26-18-16-25(17-19-26)22(4)5)31(44(40,41)27-10-8-7-9-11-27)34-37(32(30)36)33(38)28(43-34)20-23-12-14-24(15-13-23)21(2)3/h7-22,29H,6,36H2,1-5H3. The number of hydrogen-bond donors (Lipinski definition) is 1. The van der Waals surface area contributed by atoms with Crippen LogP contribution in [-0.4, -0.2) is 25.6 Å². The Balaban J connectivity index is 1.89. The molecular formula is C35H36N2O5S2. The summed E-state index contributed by atoms with van der Waals surface area (Å²) in [5, 5.41) is 0. The molecule has 0 spiro atoms. The van der Waals surface area contributed by atoms with E-state index in [1.54, 1.807) is 31.2 Å². The Kier molecular flexibility index (Phi) is 8.81. The van der Waals surface area contributed by atoms with Gasteiger partial charge in [0.1, 0.15) is 10.5 Å². The molecule has 1 atom stereocenters. The molecule has 228 valence electrons. The quantitative estimate of drug-likeness (QED) is 0.274. The van der Waals surface area contributed by atoms with Crippen molar-refractivity contribution in [3.8, 4) is 0 Å². The number of sulfone groups is 1. The van der Waals surface area contributed by atoms with E-state index in [0.717, 1.165) is 32.6 Å². The first-order chi connectivity index (χ1) is 20.9. The third-order valence-corrected chi connectivity index (χ3v) is 10.9. The van der Waals surface area contributed by atoms with Crippen molar-refractivity contribution in [1.29, 1.82) is 0 Å². The zero-order chi connectivity index (χ0) is 31.8. The maximum Gasteiger partial charge on any atom is 0.338 e. The average Bonchev–Trinajstić information content (AvgIpc) is 3.32. The second-order valence-electron chi connectivity index (χ2n) is 11.3. The topological polar surface area (TPSA) is 108 Å². The first-order valence-electron chi connectivity index (χ1n) is 14.6. The van der Waals surface area contributed by atoms with Crippen LogP contribution in [0.2, 0.25) is 0 Å². The number of carbonyl (C=O) groups excluding carboxylic acids is 1. The Labute approximate surface area is 261 Å². The number of esters is 1. The fourth-order valence-electron chi connectivity index (χ4n) is 5.34. The van der Waals surface area contributed by atoms with Crippen molar-refractivity contribution in [3.63, 3.8) is 0 Å². The fourth-order valence-corrected chi connectivity index (χ4v) is 8.52. The third-order valence-electron chi connectivity index (χ3n) is 7.78. The van der Waals surface area contributed by atoms with Gasteiger partial charge in [-0.3, -0.25) is 9.36 Å². The predicted molar refractivity (Wildman–Crippen MR) is 176 cm³/mol. The molecule has 0 saturated carbocycles. The SMILES string of the molecule is CCOC(=O)C1=C(N)n2c(sc(=Cc3ccc(C(C)C)cc3)c2=O)=C(S(=O)(=O)c2ccccc2)C1c1ccc(C(C)C)cc1. The van der Waals surface area contributed by atoms with Crippen molar-refractivity contribution in [2.45, 2.75) is 57.3 Å². The molecule has 4 aromatic rings. The summed E-state index contributed by atoms with van der Waals surface area (Å²) in [5.41, 5.74) is 9.62. The molecule has 0 fully saturated rings. The van der Waals surface area contributed by atoms with Crippen LogP contribution in [0.3, 0.4) is 0 Å². The number of fused-ring (bicyclic) bond motifs is 1. The van der Waals surface area contributed by atoms with Gasteiger partial charge in [-0.25, -0.2) is 13.2 Å². The van der Waals surface area contributed by atoms with Crippen LogP contribution in [-0.2, 0) is 19.4 Å².